The van der Waals surface area contributed by atoms with E-state index in [1.807, 2.05) is 6.07 Å². The van der Waals surface area contributed by atoms with Gasteiger partial charge < -0.3 is 14.7 Å². The molecule has 0 aromatic heterocycles. The summed E-state index contributed by atoms with van der Waals surface area (Å²) in [6, 6.07) is 8.87. The smallest absolute Gasteiger partial charge is 0.204 e. The number of rotatable bonds is 6. The van der Waals surface area contributed by atoms with Crippen LogP contribution < -0.4 is 4.74 Å². The molecule has 2 aromatic carbocycles. The van der Waals surface area contributed by atoms with Crippen molar-refractivity contribution in [1.82, 2.24) is 0 Å². The second-order valence-electron chi connectivity index (χ2n) is 6.19. The first-order valence-electron chi connectivity index (χ1n) is 7.92. The van der Waals surface area contributed by atoms with E-state index in [0.29, 0.717) is 26.4 Å². The quantitative estimate of drug-likeness (QED) is 0.445. The van der Waals surface area contributed by atoms with E-state index in [2.05, 4.69) is 45.7 Å². The Kier molecular flexibility index (Phi) is 6.77. The number of benzene rings is 2. The first kappa shape index (κ1) is 20.5. The highest BCUT2D eigenvalue weighted by molar-refractivity contribution is 9.11. The molecule has 0 radical (unpaired) electrons. The van der Waals surface area contributed by atoms with Crippen LogP contribution in [0.2, 0.25) is 0 Å². The van der Waals surface area contributed by atoms with Crippen molar-refractivity contribution in [1.29, 1.82) is 0 Å². The fourth-order valence-corrected chi connectivity index (χ4v) is 4.71. The van der Waals surface area contributed by atoms with E-state index in [1.165, 1.54) is 0 Å². The zero-order chi connectivity index (χ0) is 18.8. The predicted molar refractivity (Wildman–Crippen MR) is 108 cm³/mol. The fraction of sp³-hybridized carbons (Fsp3) is 0.333. The van der Waals surface area contributed by atoms with E-state index in [9.17, 15) is 14.6 Å². The Balaban J connectivity index is 2.30. The van der Waals surface area contributed by atoms with Gasteiger partial charge in [0.25, 0.3) is 0 Å². The maximum absolute atomic E-state index is 11.9. The van der Waals surface area contributed by atoms with Crippen LogP contribution in [0.4, 0.5) is 0 Å². The van der Waals surface area contributed by atoms with Crippen LogP contribution in [0, 0.1) is 0 Å². The summed E-state index contributed by atoms with van der Waals surface area (Å²) in [4.78, 5) is 9.83. The molecule has 2 N–H and O–H groups in total. The summed E-state index contributed by atoms with van der Waals surface area (Å²) in [6.45, 7) is 5.81. The van der Waals surface area contributed by atoms with Gasteiger partial charge in [-0.3, -0.25) is 4.57 Å². The molecule has 0 saturated heterocycles. The van der Waals surface area contributed by atoms with E-state index >= 15 is 0 Å². The number of phenolic OH excluding ortho intramolecular Hbond substituents is 1. The van der Waals surface area contributed by atoms with Gasteiger partial charge in [-0.2, -0.15) is 0 Å². The van der Waals surface area contributed by atoms with Crippen LogP contribution in [0.15, 0.2) is 39.3 Å². The van der Waals surface area contributed by atoms with E-state index in [4.69, 9.17) is 4.74 Å². The average Bonchev–Trinajstić information content (AvgIpc) is 2.51. The minimum atomic E-state index is -3.16. The first-order chi connectivity index (χ1) is 11.6. The van der Waals surface area contributed by atoms with E-state index in [0.717, 1.165) is 11.1 Å². The molecular formula is C18H21Br2O4P. The molecule has 0 aliphatic carbocycles. The zero-order valence-electron chi connectivity index (χ0n) is 14.3. The molecular weight excluding hydrogens is 471 g/mol. The zero-order valence-corrected chi connectivity index (χ0v) is 18.4. The minimum Gasteiger partial charge on any atom is -0.504 e. The topological polar surface area (TPSA) is 66.8 Å². The molecule has 0 saturated carbocycles. The van der Waals surface area contributed by atoms with Crippen molar-refractivity contribution in [3.8, 4) is 17.2 Å². The normalized spacial score (nSPS) is 13.7. The van der Waals surface area contributed by atoms with Crippen LogP contribution >= 0.6 is 39.2 Å². The van der Waals surface area contributed by atoms with Crippen molar-refractivity contribution in [3.63, 3.8) is 0 Å². The Morgan fingerprint density at radius 3 is 2.24 bits per heavy atom. The molecule has 7 heteroatoms. The van der Waals surface area contributed by atoms with Gasteiger partial charge >= 0.3 is 0 Å². The lowest BCUT2D eigenvalue weighted by atomic mass is 10.0. The highest BCUT2D eigenvalue weighted by Gasteiger charge is 2.19. The van der Waals surface area contributed by atoms with Crippen LogP contribution in [-0.4, -0.2) is 16.2 Å². The molecule has 1 atom stereocenters. The maximum atomic E-state index is 11.9. The van der Waals surface area contributed by atoms with Crippen molar-refractivity contribution in [2.24, 2.45) is 0 Å². The van der Waals surface area contributed by atoms with Gasteiger partial charge in [-0.25, -0.2) is 0 Å². The molecule has 0 amide bonds. The number of phenols is 1. The third-order valence-electron chi connectivity index (χ3n) is 3.84. The molecule has 25 heavy (non-hydrogen) atoms. The summed E-state index contributed by atoms with van der Waals surface area (Å²) < 4.78 is 19.1. The summed E-state index contributed by atoms with van der Waals surface area (Å²) in [5, 5.41) is 10.2. The summed E-state index contributed by atoms with van der Waals surface area (Å²) >= 11 is 6.88. The largest absolute Gasteiger partial charge is 0.504 e. The standard InChI is InChI=1S/C18H21Br2O4P/c1-4-25(22,23)10-12-7-14(19)18(15(20)8-12)24-17-6-5-13(11(2)3)9-16(17)21/h5-9,11,21H,4,10H2,1-3H3,(H,22,23). The summed E-state index contributed by atoms with van der Waals surface area (Å²) in [6.07, 6.45) is 0.339. The number of aromatic hydroxyl groups is 1. The highest BCUT2D eigenvalue weighted by Crippen LogP contribution is 2.47. The molecule has 2 rings (SSSR count). The SMILES string of the molecule is CCP(=O)(O)Cc1cc(Br)c(Oc2ccc(C(C)C)cc2O)c(Br)c1. The Labute approximate surface area is 164 Å². The Bertz CT molecular complexity index is 798. The Hall–Kier alpha value is -0.810. The first-order valence-corrected chi connectivity index (χ1v) is 11.5. The van der Waals surface area contributed by atoms with Crippen molar-refractivity contribution in [3.05, 3.63) is 50.4 Å². The van der Waals surface area contributed by atoms with Crippen LogP contribution in [0.3, 0.4) is 0 Å². The third-order valence-corrected chi connectivity index (χ3v) is 6.87. The van der Waals surface area contributed by atoms with E-state index in [-0.39, 0.29) is 18.1 Å². The van der Waals surface area contributed by atoms with Gasteiger partial charge in [-0.15, -0.1) is 0 Å². The van der Waals surface area contributed by atoms with Crippen molar-refractivity contribution in [2.75, 3.05) is 6.16 Å². The molecule has 0 heterocycles. The van der Waals surface area contributed by atoms with Crippen LogP contribution in [0.5, 0.6) is 17.2 Å². The Morgan fingerprint density at radius 1 is 1.16 bits per heavy atom. The molecule has 0 fully saturated rings. The van der Waals surface area contributed by atoms with Gasteiger partial charge in [-0.05, 0) is 73.2 Å². The van der Waals surface area contributed by atoms with Gasteiger partial charge in [0, 0.05) is 12.3 Å². The molecule has 0 spiro atoms. The third kappa shape index (κ3) is 5.33. The molecule has 0 bridgehead atoms. The predicted octanol–water partition coefficient (Wildman–Crippen LogP) is 6.62. The second kappa shape index (κ2) is 8.26. The van der Waals surface area contributed by atoms with Gasteiger partial charge in [0.15, 0.2) is 17.2 Å². The number of hydrogen-bond acceptors (Lipinski definition) is 3. The maximum Gasteiger partial charge on any atom is 0.204 e. The highest BCUT2D eigenvalue weighted by atomic mass is 79.9. The van der Waals surface area contributed by atoms with Crippen LogP contribution in [0.25, 0.3) is 0 Å². The minimum absolute atomic E-state index is 0.0694. The Morgan fingerprint density at radius 2 is 1.76 bits per heavy atom. The molecule has 0 aliphatic heterocycles. The summed E-state index contributed by atoms with van der Waals surface area (Å²) in [5.74, 6) is 1.23. The van der Waals surface area contributed by atoms with Gasteiger partial charge in [-0.1, -0.05) is 26.8 Å². The molecule has 136 valence electrons. The fourth-order valence-electron chi connectivity index (χ4n) is 2.29. The van der Waals surface area contributed by atoms with E-state index in [1.54, 1.807) is 31.2 Å². The van der Waals surface area contributed by atoms with E-state index < -0.39 is 7.37 Å². The lowest BCUT2D eigenvalue weighted by Crippen LogP contribution is -1.94. The van der Waals surface area contributed by atoms with Gasteiger partial charge in [0.2, 0.25) is 7.37 Å². The molecule has 0 aliphatic rings. The second-order valence-corrected chi connectivity index (χ2v) is 10.5. The van der Waals surface area contributed by atoms with Crippen LogP contribution in [0.1, 0.15) is 37.8 Å². The molecule has 4 nitrogen and oxygen atoms in total. The lowest BCUT2D eigenvalue weighted by molar-refractivity contribution is 0.408. The van der Waals surface area contributed by atoms with Gasteiger partial charge in [0.05, 0.1) is 8.95 Å². The number of hydrogen-bond donors (Lipinski definition) is 2. The van der Waals surface area contributed by atoms with Gasteiger partial charge in [0.1, 0.15) is 0 Å². The van der Waals surface area contributed by atoms with Crippen molar-refractivity contribution < 1.29 is 19.3 Å². The molecule has 1 unspecified atom stereocenters. The number of halogens is 2. The van der Waals surface area contributed by atoms with Crippen molar-refractivity contribution in [2.45, 2.75) is 32.9 Å². The summed E-state index contributed by atoms with van der Waals surface area (Å²) in [5.41, 5.74) is 1.76. The monoisotopic (exact) mass is 490 g/mol. The van der Waals surface area contributed by atoms with Crippen LogP contribution in [-0.2, 0) is 10.7 Å². The van der Waals surface area contributed by atoms with Crippen molar-refractivity contribution >= 4 is 39.2 Å². The average molecular weight is 492 g/mol. The summed E-state index contributed by atoms with van der Waals surface area (Å²) in [7, 11) is -3.16. The number of ether oxygens (including phenoxy) is 1. The molecule has 2 aromatic rings. The lowest BCUT2D eigenvalue weighted by Gasteiger charge is -2.15.